The number of carbonyl (C=O) groups is 1. The normalized spacial score (nSPS) is 12.9. The van der Waals surface area contributed by atoms with Crippen molar-refractivity contribution in [2.24, 2.45) is 11.5 Å². The molecule has 0 saturated heterocycles. The second kappa shape index (κ2) is 3.94. The summed E-state index contributed by atoms with van der Waals surface area (Å²) >= 11 is 0. The third-order valence-corrected chi connectivity index (χ3v) is 2.38. The third kappa shape index (κ3) is 2.04. The van der Waals surface area contributed by atoms with Gasteiger partial charge in [0.05, 0.1) is 6.04 Å². The van der Waals surface area contributed by atoms with Gasteiger partial charge in [-0.15, -0.1) is 0 Å². The molecule has 0 saturated carbocycles. The highest BCUT2D eigenvalue weighted by molar-refractivity contribution is 5.80. The fourth-order valence-electron chi connectivity index (χ4n) is 1.57. The minimum Gasteiger partial charge on any atom is -0.441 e. The lowest BCUT2D eigenvalue weighted by atomic mass is 10.1. The summed E-state index contributed by atoms with van der Waals surface area (Å²) in [7, 11) is 0. The van der Waals surface area contributed by atoms with Gasteiger partial charge in [-0.05, 0) is 24.1 Å². The van der Waals surface area contributed by atoms with Gasteiger partial charge >= 0.3 is 0 Å². The number of hydrogen-bond donors (Lipinski definition) is 2. The zero-order valence-corrected chi connectivity index (χ0v) is 8.93. The molecule has 5 heteroatoms. The van der Waals surface area contributed by atoms with Gasteiger partial charge in [0.2, 0.25) is 5.91 Å². The maximum atomic E-state index is 10.8. The van der Waals surface area contributed by atoms with E-state index in [0.717, 1.165) is 11.1 Å². The fourth-order valence-corrected chi connectivity index (χ4v) is 1.57. The van der Waals surface area contributed by atoms with Crippen LogP contribution in [0.2, 0.25) is 0 Å². The number of nitrogens with zero attached hydrogens (tertiary/aromatic N) is 1. The second-order valence-corrected chi connectivity index (χ2v) is 3.75. The van der Waals surface area contributed by atoms with E-state index in [1.54, 1.807) is 6.92 Å². The molecule has 5 nitrogen and oxygen atoms in total. The van der Waals surface area contributed by atoms with Gasteiger partial charge in [-0.25, -0.2) is 4.98 Å². The number of benzene rings is 1. The van der Waals surface area contributed by atoms with Crippen LogP contribution in [0.1, 0.15) is 11.5 Å². The van der Waals surface area contributed by atoms with E-state index in [4.69, 9.17) is 15.9 Å². The van der Waals surface area contributed by atoms with Crippen molar-refractivity contribution >= 4 is 17.0 Å². The van der Waals surface area contributed by atoms with Crippen LogP contribution in [0.15, 0.2) is 22.6 Å². The Balaban J connectivity index is 2.28. The highest BCUT2D eigenvalue weighted by atomic mass is 16.3. The lowest BCUT2D eigenvalue weighted by Gasteiger charge is -2.06. The number of aromatic nitrogens is 1. The molecule has 0 aliphatic rings. The zero-order valence-electron chi connectivity index (χ0n) is 8.93. The molecule has 1 unspecified atom stereocenters. The van der Waals surface area contributed by atoms with Crippen LogP contribution in [-0.4, -0.2) is 16.9 Å². The number of rotatable bonds is 3. The minimum absolute atomic E-state index is 0.408. The Morgan fingerprint density at radius 3 is 3.00 bits per heavy atom. The molecule has 2 rings (SSSR count). The van der Waals surface area contributed by atoms with Gasteiger partial charge in [-0.2, -0.15) is 0 Å². The molecule has 0 aliphatic carbocycles. The van der Waals surface area contributed by atoms with E-state index in [1.807, 2.05) is 18.2 Å². The average molecular weight is 219 g/mol. The van der Waals surface area contributed by atoms with E-state index in [1.165, 1.54) is 0 Å². The first-order valence-electron chi connectivity index (χ1n) is 4.97. The summed E-state index contributed by atoms with van der Waals surface area (Å²) in [6.07, 6.45) is 0.408. The summed E-state index contributed by atoms with van der Waals surface area (Å²) in [5.41, 5.74) is 13.1. The molecule has 1 amide bonds. The molecule has 0 bridgehead atoms. The fraction of sp³-hybridized carbons (Fsp3) is 0.273. The van der Waals surface area contributed by atoms with Crippen LogP contribution in [0.4, 0.5) is 0 Å². The minimum atomic E-state index is -0.665. The molecule has 1 atom stereocenters. The third-order valence-electron chi connectivity index (χ3n) is 2.38. The van der Waals surface area contributed by atoms with Crippen LogP contribution < -0.4 is 11.5 Å². The number of aryl methyl sites for hydroxylation is 1. The molecule has 1 heterocycles. The van der Waals surface area contributed by atoms with E-state index in [-0.39, 0.29) is 0 Å². The molecule has 84 valence electrons. The van der Waals surface area contributed by atoms with Crippen molar-refractivity contribution in [3.8, 4) is 0 Å². The lowest BCUT2D eigenvalue weighted by molar-refractivity contribution is -0.119. The van der Waals surface area contributed by atoms with Crippen molar-refractivity contribution in [3.05, 3.63) is 29.7 Å². The van der Waals surface area contributed by atoms with E-state index >= 15 is 0 Å². The van der Waals surface area contributed by atoms with Gasteiger partial charge in [0.1, 0.15) is 5.52 Å². The molecule has 0 radical (unpaired) electrons. The predicted octanol–water partition coefficient (Wildman–Crippen LogP) is 0.491. The second-order valence-electron chi connectivity index (χ2n) is 3.75. The Bertz CT molecular complexity index is 533. The number of hydrogen-bond acceptors (Lipinski definition) is 4. The van der Waals surface area contributed by atoms with E-state index in [2.05, 4.69) is 4.98 Å². The summed E-state index contributed by atoms with van der Waals surface area (Å²) in [6.45, 7) is 1.79. The van der Waals surface area contributed by atoms with Crippen LogP contribution in [0.25, 0.3) is 11.1 Å². The van der Waals surface area contributed by atoms with Gasteiger partial charge in [0.25, 0.3) is 0 Å². The molecular weight excluding hydrogens is 206 g/mol. The van der Waals surface area contributed by atoms with Crippen LogP contribution in [0, 0.1) is 6.92 Å². The quantitative estimate of drug-likeness (QED) is 0.785. The molecule has 0 spiro atoms. The highest BCUT2D eigenvalue weighted by Gasteiger charge is 2.11. The van der Waals surface area contributed by atoms with Crippen molar-refractivity contribution in [1.29, 1.82) is 0 Å². The van der Waals surface area contributed by atoms with Gasteiger partial charge < -0.3 is 15.9 Å². The van der Waals surface area contributed by atoms with Crippen LogP contribution >= 0.6 is 0 Å². The van der Waals surface area contributed by atoms with Crippen LogP contribution in [0.5, 0.6) is 0 Å². The molecular formula is C11H13N3O2. The first-order chi connectivity index (χ1) is 7.56. The standard InChI is InChI=1S/C11H13N3O2/c1-6-14-9-3-2-7(5-10(9)16-6)4-8(12)11(13)15/h2-3,5,8H,4,12H2,1H3,(H2,13,15). The topological polar surface area (TPSA) is 95.1 Å². The molecule has 4 N–H and O–H groups in total. The van der Waals surface area contributed by atoms with Crippen molar-refractivity contribution in [1.82, 2.24) is 4.98 Å². The van der Waals surface area contributed by atoms with Crippen LogP contribution in [-0.2, 0) is 11.2 Å². The van der Waals surface area contributed by atoms with Crippen molar-refractivity contribution in [2.75, 3.05) is 0 Å². The maximum Gasteiger partial charge on any atom is 0.234 e. The summed E-state index contributed by atoms with van der Waals surface area (Å²) in [4.78, 5) is 15.0. The Morgan fingerprint density at radius 1 is 1.56 bits per heavy atom. The molecule has 1 aromatic heterocycles. The first kappa shape index (κ1) is 10.6. The first-order valence-corrected chi connectivity index (χ1v) is 4.97. The monoisotopic (exact) mass is 219 g/mol. The summed E-state index contributed by atoms with van der Waals surface area (Å²) in [6, 6.07) is 4.88. The largest absolute Gasteiger partial charge is 0.441 e. The SMILES string of the molecule is Cc1nc2ccc(CC(N)C(N)=O)cc2o1. The lowest BCUT2D eigenvalue weighted by Crippen LogP contribution is -2.38. The highest BCUT2D eigenvalue weighted by Crippen LogP contribution is 2.17. The smallest absolute Gasteiger partial charge is 0.234 e. The van der Waals surface area contributed by atoms with Crippen molar-refractivity contribution in [3.63, 3.8) is 0 Å². The van der Waals surface area contributed by atoms with E-state index < -0.39 is 11.9 Å². The van der Waals surface area contributed by atoms with E-state index in [0.29, 0.717) is 17.9 Å². The van der Waals surface area contributed by atoms with Gasteiger partial charge in [0.15, 0.2) is 11.5 Å². The van der Waals surface area contributed by atoms with Crippen molar-refractivity contribution in [2.45, 2.75) is 19.4 Å². The molecule has 0 aliphatic heterocycles. The Morgan fingerprint density at radius 2 is 2.31 bits per heavy atom. The average Bonchev–Trinajstić information content (AvgIpc) is 2.57. The molecule has 16 heavy (non-hydrogen) atoms. The number of primary amides is 1. The van der Waals surface area contributed by atoms with Gasteiger partial charge in [-0.1, -0.05) is 6.07 Å². The Hall–Kier alpha value is -1.88. The maximum absolute atomic E-state index is 10.8. The van der Waals surface area contributed by atoms with E-state index in [9.17, 15) is 4.79 Å². The number of oxazole rings is 1. The van der Waals surface area contributed by atoms with Gasteiger partial charge in [-0.3, -0.25) is 4.79 Å². The zero-order chi connectivity index (χ0) is 11.7. The number of amides is 1. The molecule has 2 aromatic rings. The molecule has 1 aromatic carbocycles. The predicted molar refractivity (Wildman–Crippen MR) is 59.6 cm³/mol. The summed E-state index contributed by atoms with van der Waals surface area (Å²) in [5.74, 6) is 0.111. The number of carbonyl (C=O) groups excluding carboxylic acids is 1. The Kier molecular flexibility index (Phi) is 2.62. The summed E-state index contributed by atoms with van der Waals surface area (Å²) < 4.78 is 5.38. The van der Waals surface area contributed by atoms with Gasteiger partial charge in [0, 0.05) is 6.92 Å². The number of nitrogens with two attached hydrogens (primary N) is 2. The van der Waals surface area contributed by atoms with Crippen molar-refractivity contribution < 1.29 is 9.21 Å². The number of fused-ring (bicyclic) bond motifs is 1. The summed E-state index contributed by atoms with van der Waals surface area (Å²) in [5, 5.41) is 0. The Labute approximate surface area is 92.4 Å². The molecule has 0 fully saturated rings. The van der Waals surface area contributed by atoms with Crippen LogP contribution in [0.3, 0.4) is 0 Å².